The van der Waals surface area contributed by atoms with Crippen LogP contribution >= 0.6 is 0 Å². The van der Waals surface area contributed by atoms with Crippen molar-refractivity contribution in [1.29, 1.82) is 0 Å². The van der Waals surface area contributed by atoms with E-state index in [1.54, 1.807) is 6.20 Å². The summed E-state index contributed by atoms with van der Waals surface area (Å²) in [6.07, 6.45) is 4.49. The molecule has 6 heteroatoms. The zero-order valence-corrected chi connectivity index (χ0v) is 11.7. The van der Waals surface area contributed by atoms with Gasteiger partial charge in [-0.1, -0.05) is 24.3 Å². The Labute approximate surface area is 122 Å². The molecule has 6 nitrogen and oxygen atoms in total. The van der Waals surface area contributed by atoms with Crippen molar-refractivity contribution in [3.63, 3.8) is 0 Å². The van der Waals surface area contributed by atoms with Crippen LogP contribution < -0.4 is 11.1 Å². The number of aryl methyl sites for hydroxylation is 1. The van der Waals surface area contributed by atoms with E-state index >= 15 is 0 Å². The number of hydrogen-bond donors (Lipinski definition) is 2. The van der Waals surface area contributed by atoms with E-state index in [1.165, 1.54) is 11.1 Å². The predicted octanol–water partition coefficient (Wildman–Crippen LogP) is 1.47. The summed E-state index contributed by atoms with van der Waals surface area (Å²) in [5, 5.41) is 11.7. The quantitative estimate of drug-likeness (QED) is 0.743. The fourth-order valence-electron chi connectivity index (χ4n) is 3.00. The summed E-state index contributed by atoms with van der Waals surface area (Å²) in [5.41, 5.74) is 9.56. The standard InChI is InChI=1S/C15H16N6/c1-9-19-20-15-14(17-6-7-21(9)15)18-13-11-5-3-2-4-10(11)8-12(13)16/h2-7,12-13H,8,16H2,1H3,(H,17,18). The maximum Gasteiger partial charge on any atom is 0.203 e. The van der Waals surface area contributed by atoms with Crippen molar-refractivity contribution in [3.05, 3.63) is 53.6 Å². The number of rotatable bonds is 2. The summed E-state index contributed by atoms with van der Waals surface area (Å²) in [6.45, 7) is 1.92. The first-order valence-electron chi connectivity index (χ1n) is 7.00. The number of nitrogens with zero attached hydrogens (tertiary/aromatic N) is 4. The van der Waals surface area contributed by atoms with Crippen LogP contribution in [0.15, 0.2) is 36.7 Å². The molecule has 0 spiro atoms. The van der Waals surface area contributed by atoms with E-state index in [9.17, 15) is 0 Å². The molecule has 4 rings (SSSR count). The second kappa shape index (κ2) is 4.53. The van der Waals surface area contributed by atoms with E-state index in [2.05, 4.69) is 38.7 Å². The molecular formula is C15H16N6. The lowest BCUT2D eigenvalue weighted by Crippen LogP contribution is -2.30. The van der Waals surface area contributed by atoms with Gasteiger partial charge in [-0.3, -0.25) is 4.40 Å². The topological polar surface area (TPSA) is 81.1 Å². The Morgan fingerprint density at radius 2 is 2.14 bits per heavy atom. The van der Waals surface area contributed by atoms with Gasteiger partial charge in [0.25, 0.3) is 0 Å². The highest BCUT2D eigenvalue weighted by Crippen LogP contribution is 2.33. The minimum Gasteiger partial charge on any atom is -0.359 e. The van der Waals surface area contributed by atoms with E-state index in [4.69, 9.17) is 5.73 Å². The maximum atomic E-state index is 6.29. The average molecular weight is 280 g/mol. The van der Waals surface area contributed by atoms with Gasteiger partial charge in [-0.15, -0.1) is 10.2 Å². The Balaban J connectivity index is 1.75. The molecule has 2 unspecified atom stereocenters. The Bertz CT molecular complexity index is 809. The number of anilines is 1. The highest BCUT2D eigenvalue weighted by atomic mass is 15.3. The maximum absolute atomic E-state index is 6.29. The molecule has 0 amide bonds. The van der Waals surface area contributed by atoms with Gasteiger partial charge in [0, 0.05) is 18.4 Å². The van der Waals surface area contributed by atoms with Gasteiger partial charge in [-0.05, 0) is 24.5 Å². The minimum absolute atomic E-state index is 0.0356. The lowest BCUT2D eigenvalue weighted by Gasteiger charge is -2.19. The molecule has 2 aromatic heterocycles. The first kappa shape index (κ1) is 12.3. The normalized spacial score (nSPS) is 20.7. The van der Waals surface area contributed by atoms with Gasteiger partial charge < -0.3 is 11.1 Å². The summed E-state index contributed by atoms with van der Waals surface area (Å²) >= 11 is 0. The fourth-order valence-corrected chi connectivity index (χ4v) is 3.00. The van der Waals surface area contributed by atoms with E-state index in [0.717, 1.165) is 23.7 Å². The molecule has 1 aliphatic carbocycles. The lowest BCUT2D eigenvalue weighted by atomic mass is 10.1. The number of benzene rings is 1. The summed E-state index contributed by atoms with van der Waals surface area (Å²) in [6, 6.07) is 8.43. The van der Waals surface area contributed by atoms with Crippen LogP contribution in [0.3, 0.4) is 0 Å². The second-order valence-corrected chi connectivity index (χ2v) is 5.41. The largest absolute Gasteiger partial charge is 0.359 e. The molecule has 2 heterocycles. The molecule has 0 saturated carbocycles. The fraction of sp³-hybridized carbons (Fsp3) is 0.267. The third-order valence-electron chi connectivity index (χ3n) is 4.06. The van der Waals surface area contributed by atoms with Crippen molar-refractivity contribution in [2.24, 2.45) is 5.73 Å². The molecular weight excluding hydrogens is 264 g/mol. The first-order valence-corrected chi connectivity index (χ1v) is 7.00. The van der Waals surface area contributed by atoms with E-state index in [1.807, 2.05) is 23.6 Å². The van der Waals surface area contributed by atoms with Crippen LogP contribution in [0.25, 0.3) is 5.65 Å². The molecule has 0 radical (unpaired) electrons. The van der Waals surface area contributed by atoms with Gasteiger partial charge in [0.2, 0.25) is 5.65 Å². The van der Waals surface area contributed by atoms with E-state index in [-0.39, 0.29) is 12.1 Å². The lowest BCUT2D eigenvalue weighted by molar-refractivity contribution is 0.624. The Hall–Kier alpha value is -2.47. The summed E-state index contributed by atoms with van der Waals surface area (Å²) in [5.74, 6) is 1.56. The summed E-state index contributed by atoms with van der Waals surface area (Å²) < 4.78 is 1.92. The summed E-state index contributed by atoms with van der Waals surface area (Å²) in [7, 11) is 0. The second-order valence-electron chi connectivity index (χ2n) is 5.41. The van der Waals surface area contributed by atoms with Gasteiger partial charge in [0.1, 0.15) is 5.82 Å². The summed E-state index contributed by atoms with van der Waals surface area (Å²) in [4.78, 5) is 4.40. The number of nitrogens with two attached hydrogens (primary N) is 1. The van der Waals surface area contributed by atoms with Crippen molar-refractivity contribution < 1.29 is 0 Å². The van der Waals surface area contributed by atoms with Crippen molar-refractivity contribution in [1.82, 2.24) is 19.6 Å². The van der Waals surface area contributed by atoms with Crippen molar-refractivity contribution >= 4 is 11.5 Å². The molecule has 1 aliphatic rings. The molecule has 2 atom stereocenters. The van der Waals surface area contributed by atoms with Crippen LogP contribution in [0.4, 0.5) is 5.82 Å². The Kier molecular flexibility index (Phi) is 2.65. The van der Waals surface area contributed by atoms with Crippen LogP contribution in [0.2, 0.25) is 0 Å². The minimum atomic E-state index is 0.0356. The molecule has 21 heavy (non-hydrogen) atoms. The van der Waals surface area contributed by atoms with Crippen molar-refractivity contribution in [3.8, 4) is 0 Å². The molecule has 3 aromatic rings. The van der Waals surface area contributed by atoms with E-state index in [0.29, 0.717) is 0 Å². The number of hydrogen-bond acceptors (Lipinski definition) is 5. The van der Waals surface area contributed by atoms with Crippen LogP contribution in [-0.2, 0) is 6.42 Å². The zero-order chi connectivity index (χ0) is 14.4. The highest BCUT2D eigenvalue weighted by Gasteiger charge is 2.30. The van der Waals surface area contributed by atoms with Crippen molar-refractivity contribution in [2.45, 2.75) is 25.4 Å². The van der Waals surface area contributed by atoms with Gasteiger partial charge in [0.05, 0.1) is 6.04 Å². The van der Waals surface area contributed by atoms with Gasteiger partial charge in [-0.25, -0.2) is 4.98 Å². The predicted molar refractivity (Wildman–Crippen MR) is 80.0 cm³/mol. The third kappa shape index (κ3) is 1.87. The Morgan fingerprint density at radius 1 is 1.29 bits per heavy atom. The third-order valence-corrected chi connectivity index (χ3v) is 4.06. The molecule has 0 fully saturated rings. The average Bonchev–Trinajstić information content (AvgIpc) is 3.02. The van der Waals surface area contributed by atoms with Crippen LogP contribution in [-0.4, -0.2) is 25.6 Å². The van der Waals surface area contributed by atoms with E-state index < -0.39 is 0 Å². The van der Waals surface area contributed by atoms with Gasteiger partial charge >= 0.3 is 0 Å². The van der Waals surface area contributed by atoms with Crippen LogP contribution in [0, 0.1) is 6.92 Å². The molecule has 0 bridgehead atoms. The number of nitrogens with one attached hydrogen (secondary N) is 1. The smallest absolute Gasteiger partial charge is 0.203 e. The molecule has 0 saturated heterocycles. The van der Waals surface area contributed by atoms with Gasteiger partial charge in [-0.2, -0.15) is 0 Å². The van der Waals surface area contributed by atoms with Crippen LogP contribution in [0.1, 0.15) is 23.0 Å². The molecule has 1 aromatic carbocycles. The number of aromatic nitrogens is 4. The van der Waals surface area contributed by atoms with Crippen molar-refractivity contribution in [2.75, 3.05) is 5.32 Å². The SMILES string of the molecule is Cc1nnc2c(NC3c4ccccc4CC3N)nccn12. The zero-order valence-electron chi connectivity index (χ0n) is 11.7. The molecule has 106 valence electrons. The van der Waals surface area contributed by atoms with Gasteiger partial charge in [0.15, 0.2) is 5.82 Å². The van der Waals surface area contributed by atoms with Crippen LogP contribution in [0.5, 0.6) is 0 Å². The highest BCUT2D eigenvalue weighted by molar-refractivity contribution is 5.63. The number of fused-ring (bicyclic) bond motifs is 2. The molecule has 0 aliphatic heterocycles. The monoisotopic (exact) mass is 280 g/mol. The molecule has 3 N–H and O–H groups in total. The first-order chi connectivity index (χ1) is 10.2. The Morgan fingerprint density at radius 3 is 3.05 bits per heavy atom.